The first-order valence-corrected chi connectivity index (χ1v) is 10.1. The Balaban J connectivity index is 2.18. The third-order valence-corrected chi connectivity index (χ3v) is 4.70. The van der Waals surface area contributed by atoms with Crippen LogP contribution >= 0.6 is 11.6 Å². The molecule has 1 amide bonds. The highest BCUT2D eigenvalue weighted by molar-refractivity contribution is 6.30. The lowest BCUT2D eigenvalue weighted by Crippen LogP contribution is -2.55. The number of hydrazine groups is 1. The van der Waals surface area contributed by atoms with E-state index in [-0.39, 0.29) is 12.6 Å². The number of nitrogens with zero attached hydrogens (tertiary/aromatic N) is 1. The van der Waals surface area contributed by atoms with Crippen molar-refractivity contribution < 1.29 is 14.3 Å². The van der Waals surface area contributed by atoms with E-state index in [4.69, 9.17) is 28.0 Å². The van der Waals surface area contributed by atoms with Gasteiger partial charge in [0.1, 0.15) is 6.04 Å². The van der Waals surface area contributed by atoms with Crippen molar-refractivity contribution in [2.45, 2.75) is 32.4 Å². The highest BCUT2D eigenvalue weighted by atomic mass is 35.5. The van der Waals surface area contributed by atoms with Crippen LogP contribution in [-0.2, 0) is 20.7 Å². The topological polar surface area (TPSA) is 144 Å². The summed E-state index contributed by atoms with van der Waals surface area (Å²) in [5.41, 5.74) is 5.04. The Kier molecular flexibility index (Phi) is 9.26. The van der Waals surface area contributed by atoms with E-state index in [1.807, 2.05) is 48.5 Å². The quantitative estimate of drug-likeness (QED) is 0.135. The number of halogens is 1. The SMILES string of the molecule is CCOC(=O)[C@H](C)N[C@@H](Cc1ccc(-c2cccc(Cl)c2)cc1)C(=O)N/C(=N/N)NN. The Hall–Kier alpha value is -3.14. The molecule has 10 heteroatoms. The molecule has 2 rings (SSSR count). The lowest BCUT2D eigenvalue weighted by molar-refractivity contribution is -0.145. The van der Waals surface area contributed by atoms with Crippen molar-refractivity contribution >= 4 is 29.4 Å². The second kappa shape index (κ2) is 11.9. The average Bonchev–Trinajstić information content (AvgIpc) is 2.77. The van der Waals surface area contributed by atoms with Gasteiger partial charge in [-0.1, -0.05) is 48.0 Å². The van der Waals surface area contributed by atoms with Crippen LogP contribution in [0, 0.1) is 0 Å². The van der Waals surface area contributed by atoms with Crippen LogP contribution in [0.3, 0.4) is 0 Å². The van der Waals surface area contributed by atoms with E-state index in [9.17, 15) is 9.59 Å². The van der Waals surface area contributed by atoms with Gasteiger partial charge in [-0.15, -0.1) is 5.10 Å². The van der Waals surface area contributed by atoms with Crippen molar-refractivity contribution in [1.29, 1.82) is 0 Å². The number of guanidine groups is 1. The molecule has 31 heavy (non-hydrogen) atoms. The van der Waals surface area contributed by atoms with Crippen molar-refractivity contribution in [1.82, 2.24) is 16.1 Å². The summed E-state index contributed by atoms with van der Waals surface area (Å²) >= 11 is 6.07. The molecule has 0 saturated carbocycles. The van der Waals surface area contributed by atoms with Gasteiger partial charge in [0.25, 0.3) is 0 Å². The smallest absolute Gasteiger partial charge is 0.322 e. The summed E-state index contributed by atoms with van der Waals surface area (Å²) in [5.74, 6) is 9.44. The number of benzene rings is 2. The highest BCUT2D eigenvalue weighted by Gasteiger charge is 2.25. The predicted octanol–water partition coefficient (Wildman–Crippen LogP) is 1.27. The molecule has 7 N–H and O–H groups in total. The largest absolute Gasteiger partial charge is 0.465 e. The number of rotatable bonds is 8. The summed E-state index contributed by atoms with van der Waals surface area (Å²) in [5, 5.41) is 9.47. The van der Waals surface area contributed by atoms with Gasteiger partial charge in [-0.05, 0) is 49.1 Å². The Bertz CT molecular complexity index is 920. The molecule has 0 aromatic heterocycles. The number of hydrazone groups is 1. The van der Waals surface area contributed by atoms with Crippen LogP contribution in [0.15, 0.2) is 53.6 Å². The molecule has 2 aromatic carbocycles. The van der Waals surface area contributed by atoms with E-state index >= 15 is 0 Å². The summed E-state index contributed by atoms with van der Waals surface area (Å²) in [7, 11) is 0. The van der Waals surface area contributed by atoms with E-state index in [0.717, 1.165) is 16.7 Å². The zero-order valence-electron chi connectivity index (χ0n) is 17.4. The van der Waals surface area contributed by atoms with Crippen LogP contribution in [0.2, 0.25) is 5.02 Å². The number of hydrogen-bond acceptors (Lipinski definition) is 7. The Labute approximate surface area is 186 Å². The van der Waals surface area contributed by atoms with Crippen LogP contribution in [0.1, 0.15) is 19.4 Å². The lowest BCUT2D eigenvalue weighted by Gasteiger charge is -2.22. The van der Waals surface area contributed by atoms with Crippen molar-refractivity contribution in [3.05, 3.63) is 59.1 Å². The number of esters is 1. The Morgan fingerprint density at radius 2 is 1.87 bits per heavy atom. The summed E-state index contributed by atoms with van der Waals surface area (Å²) in [4.78, 5) is 24.8. The van der Waals surface area contributed by atoms with Gasteiger partial charge in [0.15, 0.2) is 0 Å². The van der Waals surface area contributed by atoms with Gasteiger partial charge in [0.2, 0.25) is 11.9 Å². The van der Waals surface area contributed by atoms with E-state index in [2.05, 4.69) is 21.2 Å². The Morgan fingerprint density at radius 3 is 2.45 bits per heavy atom. The van der Waals surface area contributed by atoms with Crippen LogP contribution in [0.5, 0.6) is 0 Å². The minimum Gasteiger partial charge on any atom is -0.465 e. The molecule has 0 aliphatic carbocycles. The summed E-state index contributed by atoms with van der Waals surface area (Å²) in [6.45, 7) is 3.58. The highest BCUT2D eigenvalue weighted by Crippen LogP contribution is 2.23. The summed E-state index contributed by atoms with van der Waals surface area (Å²) in [6, 6.07) is 13.8. The zero-order chi connectivity index (χ0) is 22.8. The number of nitrogens with two attached hydrogens (primary N) is 2. The van der Waals surface area contributed by atoms with Crippen LogP contribution < -0.4 is 27.7 Å². The number of nitrogens with one attached hydrogen (secondary N) is 3. The van der Waals surface area contributed by atoms with Gasteiger partial charge in [-0.3, -0.25) is 25.6 Å². The third-order valence-electron chi connectivity index (χ3n) is 4.47. The lowest BCUT2D eigenvalue weighted by atomic mass is 10.00. The summed E-state index contributed by atoms with van der Waals surface area (Å²) < 4.78 is 5.01. The van der Waals surface area contributed by atoms with Gasteiger partial charge in [0.05, 0.1) is 12.6 Å². The van der Waals surface area contributed by atoms with Crippen molar-refractivity contribution in [3.8, 4) is 11.1 Å². The average molecular weight is 447 g/mol. The standard InChI is InChI=1S/C21H27ClN6O3/c1-3-31-20(30)13(2)25-18(19(29)26-21(27-23)28-24)11-14-7-9-15(10-8-14)16-5-4-6-17(22)12-16/h4-10,12-13,18,25H,3,11,23-24H2,1-2H3,(H2,26,27,28,29)/t13-,18-/m0/s1. The molecule has 0 fully saturated rings. The number of hydrogen-bond donors (Lipinski definition) is 5. The fourth-order valence-corrected chi connectivity index (χ4v) is 3.10. The maximum absolute atomic E-state index is 12.7. The maximum Gasteiger partial charge on any atom is 0.322 e. The van der Waals surface area contributed by atoms with Gasteiger partial charge in [-0.25, -0.2) is 5.84 Å². The molecule has 0 radical (unpaired) electrons. The minimum absolute atomic E-state index is 0.100. The molecule has 0 aliphatic rings. The van der Waals surface area contributed by atoms with Gasteiger partial charge in [0, 0.05) is 5.02 Å². The molecule has 0 saturated heterocycles. The van der Waals surface area contributed by atoms with Crippen molar-refractivity contribution in [3.63, 3.8) is 0 Å². The maximum atomic E-state index is 12.7. The minimum atomic E-state index is -0.776. The van der Waals surface area contributed by atoms with E-state index in [1.54, 1.807) is 13.8 Å². The van der Waals surface area contributed by atoms with Crippen LogP contribution in [0.4, 0.5) is 0 Å². The third kappa shape index (κ3) is 7.25. The second-order valence-electron chi connectivity index (χ2n) is 6.72. The number of ether oxygens (including phenoxy) is 1. The Morgan fingerprint density at radius 1 is 1.16 bits per heavy atom. The molecule has 2 atom stereocenters. The molecule has 0 aliphatic heterocycles. The number of amides is 1. The molecule has 9 nitrogen and oxygen atoms in total. The molecule has 0 spiro atoms. The predicted molar refractivity (Wildman–Crippen MR) is 121 cm³/mol. The van der Waals surface area contributed by atoms with Crippen molar-refractivity contribution in [2.75, 3.05) is 6.61 Å². The number of carbonyl (C=O) groups excluding carboxylic acids is 2. The summed E-state index contributed by atoms with van der Waals surface area (Å²) in [6.07, 6.45) is 0.299. The van der Waals surface area contributed by atoms with Gasteiger partial charge < -0.3 is 10.6 Å². The second-order valence-corrected chi connectivity index (χ2v) is 7.15. The molecular weight excluding hydrogens is 420 g/mol. The van der Waals surface area contributed by atoms with Crippen LogP contribution in [-0.4, -0.2) is 36.5 Å². The van der Waals surface area contributed by atoms with Crippen molar-refractivity contribution in [2.24, 2.45) is 16.8 Å². The van der Waals surface area contributed by atoms with E-state index in [0.29, 0.717) is 11.4 Å². The number of carbonyl (C=O) groups is 2. The molecule has 0 heterocycles. The van der Waals surface area contributed by atoms with E-state index < -0.39 is 24.0 Å². The first-order valence-electron chi connectivity index (χ1n) is 9.70. The fraction of sp³-hybridized carbons (Fsp3) is 0.286. The van der Waals surface area contributed by atoms with E-state index in [1.165, 1.54) is 0 Å². The molecule has 0 unspecified atom stereocenters. The molecule has 2 aromatic rings. The van der Waals surface area contributed by atoms with Gasteiger partial charge in [-0.2, -0.15) is 0 Å². The van der Waals surface area contributed by atoms with Crippen LogP contribution in [0.25, 0.3) is 11.1 Å². The van der Waals surface area contributed by atoms with Gasteiger partial charge >= 0.3 is 5.97 Å². The first kappa shape index (κ1) is 24.1. The monoisotopic (exact) mass is 446 g/mol. The fourth-order valence-electron chi connectivity index (χ4n) is 2.91. The molecular formula is C21H27ClN6O3. The first-order chi connectivity index (χ1) is 14.9. The molecule has 0 bridgehead atoms. The zero-order valence-corrected chi connectivity index (χ0v) is 18.1. The normalized spacial score (nSPS) is 13.2. The molecule has 166 valence electrons.